The Bertz CT molecular complexity index is 569. The highest BCUT2D eigenvalue weighted by Crippen LogP contribution is 2.28. The van der Waals surface area contributed by atoms with Crippen LogP contribution >= 0.6 is 0 Å². The largest absolute Gasteiger partial charge is 0.363 e. The van der Waals surface area contributed by atoms with Crippen LogP contribution in [-0.2, 0) is 0 Å². The quantitative estimate of drug-likeness (QED) is 0.709. The van der Waals surface area contributed by atoms with E-state index in [2.05, 4.69) is 15.1 Å². The fourth-order valence-electron chi connectivity index (χ4n) is 1.64. The molecule has 1 aromatic carbocycles. The molecule has 0 unspecified atom stereocenters. The number of hydrogen-bond donors (Lipinski definition) is 1. The Morgan fingerprint density at radius 2 is 2.00 bits per heavy atom. The van der Waals surface area contributed by atoms with E-state index < -0.39 is 0 Å². The highest BCUT2D eigenvalue weighted by atomic mass is 16.5. The topological polar surface area (TPSA) is 54.7 Å². The number of H-pyrrole nitrogens is 1. The van der Waals surface area contributed by atoms with E-state index in [4.69, 9.17) is 4.52 Å². The summed E-state index contributed by atoms with van der Waals surface area (Å²) in [6.07, 6.45) is 5.01. The van der Waals surface area contributed by atoms with Gasteiger partial charge in [-0.3, -0.25) is 0 Å². The number of benzene rings is 1. The van der Waals surface area contributed by atoms with Crippen molar-refractivity contribution in [2.24, 2.45) is 0 Å². The van der Waals surface area contributed by atoms with Gasteiger partial charge in [0.25, 0.3) is 0 Å². The first-order valence-electron chi connectivity index (χ1n) is 4.93. The standard InChI is InChI=1S/C12H9N3O/c1-2-4-9(5-3-1)12-10(7-16-15-12)11-6-13-8-14-11/h1-8H,(H,13,14). The van der Waals surface area contributed by atoms with Gasteiger partial charge >= 0.3 is 0 Å². The number of aromatic amines is 1. The maximum absolute atomic E-state index is 5.03. The fraction of sp³-hybridized carbons (Fsp3) is 0. The van der Waals surface area contributed by atoms with E-state index in [1.165, 1.54) is 0 Å². The lowest BCUT2D eigenvalue weighted by atomic mass is 10.1. The lowest BCUT2D eigenvalue weighted by Crippen LogP contribution is -1.81. The molecule has 0 atom stereocenters. The molecule has 2 heterocycles. The zero-order chi connectivity index (χ0) is 10.8. The summed E-state index contributed by atoms with van der Waals surface area (Å²) >= 11 is 0. The molecule has 0 bridgehead atoms. The fourth-order valence-corrected chi connectivity index (χ4v) is 1.64. The zero-order valence-corrected chi connectivity index (χ0v) is 8.42. The highest BCUT2D eigenvalue weighted by molar-refractivity contribution is 5.77. The molecule has 1 N–H and O–H groups in total. The number of imidazole rings is 1. The summed E-state index contributed by atoms with van der Waals surface area (Å²) in [6.45, 7) is 0. The third-order valence-electron chi connectivity index (χ3n) is 2.41. The number of nitrogens with zero attached hydrogens (tertiary/aromatic N) is 2. The van der Waals surface area contributed by atoms with Crippen LogP contribution in [0.5, 0.6) is 0 Å². The number of nitrogens with one attached hydrogen (secondary N) is 1. The average molecular weight is 211 g/mol. The summed E-state index contributed by atoms with van der Waals surface area (Å²) in [4.78, 5) is 7.03. The molecular formula is C12H9N3O. The molecular weight excluding hydrogens is 202 g/mol. The van der Waals surface area contributed by atoms with Gasteiger partial charge in [-0.25, -0.2) is 4.98 Å². The lowest BCUT2D eigenvalue weighted by molar-refractivity contribution is 0.422. The molecule has 4 heteroatoms. The summed E-state index contributed by atoms with van der Waals surface area (Å²) in [6, 6.07) is 9.91. The predicted octanol–water partition coefficient (Wildman–Crippen LogP) is 2.73. The van der Waals surface area contributed by atoms with E-state index in [0.717, 1.165) is 22.5 Å². The average Bonchev–Trinajstić information content (AvgIpc) is 3.01. The minimum atomic E-state index is 0.824. The first kappa shape index (κ1) is 8.91. The van der Waals surface area contributed by atoms with Crippen molar-refractivity contribution in [3.05, 3.63) is 49.1 Å². The number of rotatable bonds is 2. The molecule has 0 fully saturated rings. The van der Waals surface area contributed by atoms with Crippen LogP contribution in [0.2, 0.25) is 0 Å². The Morgan fingerprint density at radius 3 is 2.75 bits per heavy atom. The van der Waals surface area contributed by atoms with Crippen molar-refractivity contribution >= 4 is 0 Å². The number of aromatic nitrogens is 3. The highest BCUT2D eigenvalue weighted by Gasteiger charge is 2.12. The van der Waals surface area contributed by atoms with Crippen LogP contribution < -0.4 is 0 Å². The van der Waals surface area contributed by atoms with Gasteiger partial charge in [-0.2, -0.15) is 0 Å². The van der Waals surface area contributed by atoms with Crippen molar-refractivity contribution in [2.75, 3.05) is 0 Å². The second-order valence-corrected chi connectivity index (χ2v) is 3.41. The van der Waals surface area contributed by atoms with Gasteiger partial charge in [-0.1, -0.05) is 35.5 Å². The molecule has 0 saturated carbocycles. The maximum Gasteiger partial charge on any atom is 0.133 e. The van der Waals surface area contributed by atoms with Crippen LogP contribution in [0.3, 0.4) is 0 Å². The molecule has 3 aromatic rings. The van der Waals surface area contributed by atoms with Crippen LogP contribution in [0, 0.1) is 0 Å². The minimum absolute atomic E-state index is 0.824. The Morgan fingerprint density at radius 1 is 1.12 bits per heavy atom. The van der Waals surface area contributed by atoms with Crippen LogP contribution in [-0.4, -0.2) is 15.1 Å². The molecule has 78 valence electrons. The summed E-state index contributed by atoms with van der Waals surface area (Å²) in [7, 11) is 0. The molecule has 16 heavy (non-hydrogen) atoms. The monoisotopic (exact) mass is 211 g/mol. The summed E-state index contributed by atoms with van der Waals surface area (Å²) in [5.74, 6) is 0. The molecule has 3 rings (SSSR count). The molecule has 0 amide bonds. The molecule has 0 radical (unpaired) electrons. The second kappa shape index (κ2) is 3.66. The van der Waals surface area contributed by atoms with Gasteiger partial charge in [0.2, 0.25) is 0 Å². The van der Waals surface area contributed by atoms with Crippen molar-refractivity contribution in [1.82, 2.24) is 15.1 Å². The summed E-state index contributed by atoms with van der Waals surface area (Å²) in [5.41, 5.74) is 3.68. The molecule has 0 saturated heterocycles. The van der Waals surface area contributed by atoms with Crippen molar-refractivity contribution in [1.29, 1.82) is 0 Å². The van der Waals surface area contributed by atoms with Gasteiger partial charge in [0.05, 0.1) is 23.8 Å². The van der Waals surface area contributed by atoms with Crippen LogP contribution in [0.15, 0.2) is 53.6 Å². The van der Waals surface area contributed by atoms with E-state index in [0.29, 0.717) is 0 Å². The molecule has 2 aromatic heterocycles. The van der Waals surface area contributed by atoms with Crippen molar-refractivity contribution < 1.29 is 4.52 Å². The molecule has 0 aliphatic rings. The van der Waals surface area contributed by atoms with E-state index >= 15 is 0 Å². The Labute approximate surface area is 91.9 Å². The van der Waals surface area contributed by atoms with Gasteiger partial charge in [-0.05, 0) is 0 Å². The Hall–Kier alpha value is -2.36. The van der Waals surface area contributed by atoms with Crippen LogP contribution in [0.4, 0.5) is 0 Å². The molecule has 0 spiro atoms. The predicted molar refractivity (Wildman–Crippen MR) is 59.5 cm³/mol. The Balaban J connectivity index is 2.14. The summed E-state index contributed by atoms with van der Waals surface area (Å²) in [5, 5.41) is 4.02. The normalized spacial score (nSPS) is 10.5. The first-order valence-corrected chi connectivity index (χ1v) is 4.93. The minimum Gasteiger partial charge on any atom is -0.363 e. The maximum atomic E-state index is 5.03. The smallest absolute Gasteiger partial charge is 0.133 e. The third-order valence-corrected chi connectivity index (χ3v) is 2.41. The summed E-state index contributed by atoms with van der Waals surface area (Å²) < 4.78 is 5.03. The molecule has 0 aliphatic heterocycles. The Kier molecular flexibility index (Phi) is 2.04. The van der Waals surface area contributed by atoms with Crippen molar-refractivity contribution in [3.63, 3.8) is 0 Å². The van der Waals surface area contributed by atoms with Gasteiger partial charge < -0.3 is 9.51 Å². The van der Waals surface area contributed by atoms with E-state index in [9.17, 15) is 0 Å². The van der Waals surface area contributed by atoms with Gasteiger partial charge in [0, 0.05) is 5.56 Å². The van der Waals surface area contributed by atoms with Crippen molar-refractivity contribution in [2.45, 2.75) is 0 Å². The number of hydrogen-bond acceptors (Lipinski definition) is 3. The zero-order valence-electron chi connectivity index (χ0n) is 8.42. The van der Waals surface area contributed by atoms with Crippen molar-refractivity contribution in [3.8, 4) is 22.5 Å². The second-order valence-electron chi connectivity index (χ2n) is 3.41. The third kappa shape index (κ3) is 1.40. The van der Waals surface area contributed by atoms with Crippen LogP contribution in [0.25, 0.3) is 22.5 Å². The van der Waals surface area contributed by atoms with Gasteiger partial charge in [0.1, 0.15) is 12.0 Å². The SMILES string of the molecule is c1ccc(-c2nocc2-c2cnc[nH]2)cc1. The van der Waals surface area contributed by atoms with Gasteiger partial charge in [0.15, 0.2) is 0 Å². The van der Waals surface area contributed by atoms with E-state index in [1.807, 2.05) is 30.3 Å². The van der Waals surface area contributed by atoms with E-state index in [-0.39, 0.29) is 0 Å². The van der Waals surface area contributed by atoms with Gasteiger partial charge in [-0.15, -0.1) is 0 Å². The molecule has 0 aliphatic carbocycles. The lowest BCUT2D eigenvalue weighted by Gasteiger charge is -1.97. The first-order chi connectivity index (χ1) is 7.95. The van der Waals surface area contributed by atoms with E-state index in [1.54, 1.807) is 18.8 Å². The molecule has 4 nitrogen and oxygen atoms in total. The van der Waals surface area contributed by atoms with Crippen LogP contribution in [0.1, 0.15) is 0 Å².